The highest BCUT2D eigenvalue weighted by Crippen LogP contribution is 2.64. The number of aryl methyl sites for hydroxylation is 1. The number of Topliss-reactive ketones (excluding diaryl/α,β-unsaturated/α-hetero) is 1. The van der Waals surface area contributed by atoms with Crippen LogP contribution in [0.5, 0.6) is 11.5 Å². The molecule has 0 spiro atoms. The smallest absolute Gasteiger partial charge is 0.478 e. The molecule has 2 aliphatic heterocycles. The lowest BCUT2D eigenvalue weighted by molar-refractivity contribution is -0.275. The van der Waals surface area contributed by atoms with Crippen LogP contribution in [0.25, 0.3) is 5.69 Å². The number of aromatic nitrogens is 3. The lowest BCUT2D eigenvalue weighted by Crippen LogP contribution is -2.48. The first-order valence-corrected chi connectivity index (χ1v) is 11.2. The first-order valence-electron chi connectivity index (χ1n) is 11.2. The van der Waals surface area contributed by atoms with Gasteiger partial charge in [0, 0.05) is 37.5 Å². The molecule has 3 aliphatic rings. The maximum Gasteiger partial charge on any atom is 0.573 e. The number of ether oxygens (including phenoxy) is 2. The van der Waals surface area contributed by atoms with Gasteiger partial charge in [-0.1, -0.05) is 0 Å². The molecule has 0 N–H and O–H groups in total. The summed E-state index contributed by atoms with van der Waals surface area (Å²) in [6.45, 7) is 3.19. The van der Waals surface area contributed by atoms with Gasteiger partial charge in [0.15, 0.2) is 23.0 Å². The summed E-state index contributed by atoms with van der Waals surface area (Å²) in [5.74, 6) is -3.46. The fraction of sp³-hybridized carbons (Fsp3) is 0.333. The zero-order valence-electron chi connectivity index (χ0n) is 19.4. The van der Waals surface area contributed by atoms with E-state index in [1.165, 1.54) is 34.9 Å². The SMILES string of the molecule is Cc1cn(-c2ccc3n(c2=O)CCN(C[C@@]24C(=O)[C@]2(C)Oc2cc(F)c(OC(F)(F)F)cc24)C3=O)cn1. The normalized spacial score (nSPS) is 23.9. The molecule has 0 bridgehead atoms. The molecule has 9 nitrogen and oxygen atoms in total. The van der Waals surface area contributed by atoms with Gasteiger partial charge < -0.3 is 23.5 Å². The highest BCUT2D eigenvalue weighted by Gasteiger charge is 2.82. The van der Waals surface area contributed by atoms with Crippen molar-refractivity contribution in [3.05, 3.63) is 69.9 Å². The van der Waals surface area contributed by atoms with Crippen LogP contribution in [0, 0.1) is 12.7 Å². The number of nitrogens with zero attached hydrogens (tertiary/aromatic N) is 4. The number of alkyl halides is 3. The largest absolute Gasteiger partial charge is 0.573 e. The van der Waals surface area contributed by atoms with Gasteiger partial charge in [0.1, 0.15) is 22.5 Å². The number of imidazole rings is 1. The van der Waals surface area contributed by atoms with Gasteiger partial charge in [0.2, 0.25) is 0 Å². The fourth-order valence-corrected chi connectivity index (χ4v) is 5.38. The summed E-state index contributed by atoms with van der Waals surface area (Å²) >= 11 is 0. The second-order valence-electron chi connectivity index (χ2n) is 9.41. The number of hydrogen-bond donors (Lipinski definition) is 0. The number of amides is 1. The maximum absolute atomic E-state index is 14.3. The third-order valence-electron chi connectivity index (χ3n) is 7.28. The van der Waals surface area contributed by atoms with Gasteiger partial charge in [-0.25, -0.2) is 9.37 Å². The van der Waals surface area contributed by atoms with E-state index in [0.29, 0.717) is 11.4 Å². The van der Waals surface area contributed by atoms with E-state index in [4.69, 9.17) is 4.74 Å². The molecular formula is C24H18F4N4O5. The Labute approximate surface area is 205 Å². The Balaban J connectivity index is 1.34. The number of carbonyl (C=O) groups is 2. The molecule has 0 saturated heterocycles. The number of halogens is 4. The van der Waals surface area contributed by atoms with Crippen LogP contribution >= 0.6 is 0 Å². The van der Waals surface area contributed by atoms with Gasteiger partial charge in [-0.3, -0.25) is 14.4 Å². The van der Waals surface area contributed by atoms with E-state index in [2.05, 4.69) is 9.72 Å². The van der Waals surface area contributed by atoms with E-state index in [9.17, 15) is 31.9 Å². The van der Waals surface area contributed by atoms with E-state index in [0.717, 1.165) is 12.1 Å². The maximum atomic E-state index is 14.3. The van der Waals surface area contributed by atoms with Gasteiger partial charge in [-0.2, -0.15) is 0 Å². The van der Waals surface area contributed by atoms with Gasteiger partial charge in [-0.15, -0.1) is 13.2 Å². The van der Waals surface area contributed by atoms with Crippen LogP contribution in [0.2, 0.25) is 0 Å². The number of benzene rings is 1. The average Bonchev–Trinajstić information content (AvgIpc) is 3.11. The molecule has 1 fully saturated rings. The van der Waals surface area contributed by atoms with Crippen LogP contribution in [0.15, 0.2) is 41.6 Å². The molecule has 6 rings (SSSR count). The molecule has 2 aromatic heterocycles. The number of ketones is 1. The Morgan fingerprint density at radius 3 is 2.59 bits per heavy atom. The molecule has 2 atom stereocenters. The van der Waals surface area contributed by atoms with Crippen molar-refractivity contribution >= 4 is 11.7 Å². The molecule has 3 aromatic rings. The van der Waals surface area contributed by atoms with Crippen molar-refractivity contribution in [2.75, 3.05) is 13.1 Å². The first-order chi connectivity index (χ1) is 17.4. The summed E-state index contributed by atoms with van der Waals surface area (Å²) in [6, 6.07) is 4.55. The van der Waals surface area contributed by atoms with Gasteiger partial charge in [0.25, 0.3) is 11.5 Å². The molecule has 0 unspecified atom stereocenters. The van der Waals surface area contributed by atoms with Crippen molar-refractivity contribution in [1.82, 2.24) is 19.0 Å². The Hall–Kier alpha value is -4.16. The van der Waals surface area contributed by atoms with Crippen molar-refractivity contribution in [2.45, 2.75) is 37.8 Å². The van der Waals surface area contributed by atoms with Gasteiger partial charge in [-0.05, 0) is 32.0 Å². The van der Waals surface area contributed by atoms with Crippen LogP contribution in [0.4, 0.5) is 17.6 Å². The predicted octanol–water partition coefficient (Wildman–Crippen LogP) is 2.51. The van der Waals surface area contributed by atoms with Gasteiger partial charge in [0.05, 0.1) is 12.0 Å². The van der Waals surface area contributed by atoms with Crippen molar-refractivity contribution in [3.63, 3.8) is 0 Å². The van der Waals surface area contributed by atoms with Crippen LogP contribution in [0.1, 0.15) is 28.7 Å². The summed E-state index contributed by atoms with van der Waals surface area (Å²) in [5.41, 5.74) is -2.22. The van der Waals surface area contributed by atoms with E-state index in [1.807, 2.05) is 0 Å². The molecule has 4 heterocycles. The number of rotatable bonds is 4. The van der Waals surface area contributed by atoms with E-state index < -0.39 is 46.2 Å². The number of pyridine rings is 1. The second-order valence-corrected chi connectivity index (χ2v) is 9.41. The summed E-state index contributed by atoms with van der Waals surface area (Å²) in [7, 11) is 0. The average molecular weight is 518 g/mol. The van der Waals surface area contributed by atoms with Crippen molar-refractivity contribution in [2.24, 2.45) is 0 Å². The molecule has 1 aliphatic carbocycles. The third kappa shape index (κ3) is 3.15. The zero-order valence-corrected chi connectivity index (χ0v) is 19.4. The Kier molecular flexibility index (Phi) is 4.53. The Bertz CT molecular complexity index is 1580. The molecule has 1 aromatic carbocycles. The first kappa shape index (κ1) is 23.3. The Morgan fingerprint density at radius 2 is 1.92 bits per heavy atom. The Morgan fingerprint density at radius 1 is 1.16 bits per heavy atom. The summed E-state index contributed by atoms with van der Waals surface area (Å²) < 4.78 is 65.0. The minimum Gasteiger partial charge on any atom is -0.478 e. The lowest BCUT2D eigenvalue weighted by atomic mass is 9.91. The van der Waals surface area contributed by atoms with E-state index in [-0.39, 0.29) is 36.6 Å². The van der Waals surface area contributed by atoms with Crippen LogP contribution in [-0.2, 0) is 16.8 Å². The number of carbonyl (C=O) groups excluding carboxylic acids is 2. The van der Waals surface area contributed by atoms with Crippen LogP contribution in [0.3, 0.4) is 0 Å². The van der Waals surface area contributed by atoms with Crippen LogP contribution < -0.4 is 15.0 Å². The fourth-order valence-electron chi connectivity index (χ4n) is 5.38. The number of fused-ring (bicyclic) bond motifs is 4. The molecule has 192 valence electrons. The van der Waals surface area contributed by atoms with Crippen molar-refractivity contribution < 1.29 is 36.6 Å². The topological polar surface area (TPSA) is 95.7 Å². The van der Waals surface area contributed by atoms with E-state index in [1.54, 1.807) is 17.7 Å². The minimum atomic E-state index is -5.15. The summed E-state index contributed by atoms with van der Waals surface area (Å²) in [5, 5.41) is 0. The van der Waals surface area contributed by atoms with Crippen LogP contribution in [-0.4, -0.2) is 55.8 Å². The monoisotopic (exact) mass is 518 g/mol. The van der Waals surface area contributed by atoms with E-state index >= 15 is 0 Å². The molecular weight excluding hydrogens is 500 g/mol. The minimum absolute atomic E-state index is 0.0160. The zero-order chi connectivity index (χ0) is 26.5. The standard InChI is InChI=1S/C24H18F4N4O5/c1-12-9-31(11-29-12)15-3-4-16-19(33)30(5-6-32(16)20(15)34)10-23-13-7-18(37-24(26,27)28)14(25)8-17(13)36-22(23,2)21(23)35/h3-4,7-9,11H,5-6,10H2,1-2H3/t22-,23+/m0/s1. The molecule has 1 amide bonds. The second kappa shape index (κ2) is 7.20. The molecule has 37 heavy (non-hydrogen) atoms. The quantitative estimate of drug-likeness (QED) is 0.493. The third-order valence-corrected chi connectivity index (χ3v) is 7.28. The number of hydrogen-bond acceptors (Lipinski definition) is 6. The van der Waals surface area contributed by atoms with Crippen molar-refractivity contribution in [1.29, 1.82) is 0 Å². The molecule has 1 saturated carbocycles. The highest BCUT2D eigenvalue weighted by molar-refractivity contribution is 6.19. The summed E-state index contributed by atoms with van der Waals surface area (Å²) in [6.07, 6.45) is -1.98. The molecule has 13 heteroatoms. The predicted molar refractivity (Wildman–Crippen MR) is 117 cm³/mol. The van der Waals surface area contributed by atoms with Crippen molar-refractivity contribution in [3.8, 4) is 17.2 Å². The summed E-state index contributed by atoms with van der Waals surface area (Å²) in [4.78, 5) is 44.9. The highest BCUT2D eigenvalue weighted by atomic mass is 19.4. The molecule has 0 radical (unpaired) electrons. The lowest BCUT2D eigenvalue weighted by Gasteiger charge is -2.32. The van der Waals surface area contributed by atoms with Gasteiger partial charge >= 0.3 is 6.36 Å².